The van der Waals surface area contributed by atoms with Crippen LogP contribution in [-0.2, 0) is 4.79 Å². The summed E-state index contributed by atoms with van der Waals surface area (Å²) in [4.78, 5) is 14.4. The van der Waals surface area contributed by atoms with Gasteiger partial charge in [-0.2, -0.15) is 0 Å². The zero-order valence-electron chi connectivity index (χ0n) is 14.3. The molecule has 0 aromatic rings. The topological polar surface area (TPSA) is 20.3 Å². The predicted molar refractivity (Wildman–Crippen MR) is 86.6 cm³/mol. The Balaban J connectivity index is 2.45. The number of nitrogens with zero attached hydrogens (tertiary/aromatic N) is 1. The van der Waals surface area contributed by atoms with E-state index < -0.39 is 0 Å². The normalized spacial score (nSPS) is 26.0. The van der Waals surface area contributed by atoms with Crippen molar-refractivity contribution >= 4 is 5.91 Å². The van der Waals surface area contributed by atoms with E-state index in [0.29, 0.717) is 17.2 Å². The van der Waals surface area contributed by atoms with E-state index >= 15 is 0 Å². The highest BCUT2D eigenvalue weighted by Gasteiger charge is 2.49. The Morgan fingerprint density at radius 1 is 1.40 bits per heavy atom. The van der Waals surface area contributed by atoms with Crippen LogP contribution in [0.3, 0.4) is 0 Å². The molecule has 1 saturated carbocycles. The largest absolute Gasteiger partial charge is 0.342 e. The SMILES string of the molecule is CCC(C)C(=O)N(CC)CC1CC1(C)CCC=C(C)C. The highest BCUT2D eigenvalue weighted by Crippen LogP contribution is 2.55. The molecule has 3 unspecified atom stereocenters. The second-order valence-corrected chi connectivity index (χ2v) is 7.06. The zero-order valence-corrected chi connectivity index (χ0v) is 14.3. The van der Waals surface area contributed by atoms with Crippen LogP contribution in [-0.4, -0.2) is 23.9 Å². The Morgan fingerprint density at radius 2 is 2.05 bits per heavy atom. The van der Waals surface area contributed by atoms with Crippen molar-refractivity contribution < 1.29 is 4.79 Å². The van der Waals surface area contributed by atoms with Crippen LogP contribution in [0.5, 0.6) is 0 Å². The van der Waals surface area contributed by atoms with Crippen molar-refractivity contribution in [3.8, 4) is 0 Å². The first-order chi connectivity index (χ1) is 9.34. The molecule has 0 saturated heterocycles. The maximum absolute atomic E-state index is 12.3. The third-order valence-electron chi connectivity index (χ3n) is 4.97. The van der Waals surface area contributed by atoms with Crippen molar-refractivity contribution in [3.63, 3.8) is 0 Å². The number of carbonyl (C=O) groups is 1. The molecular weight excluding hydrogens is 246 g/mol. The summed E-state index contributed by atoms with van der Waals surface area (Å²) < 4.78 is 0. The maximum atomic E-state index is 12.3. The lowest BCUT2D eigenvalue weighted by atomic mass is 9.98. The minimum Gasteiger partial charge on any atom is -0.342 e. The molecule has 0 aromatic carbocycles. The van der Waals surface area contributed by atoms with Gasteiger partial charge in [-0.15, -0.1) is 0 Å². The first kappa shape index (κ1) is 17.3. The molecule has 1 fully saturated rings. The van der Waals surface area contributed by atoms with Gasteiger partial charge in [0.05, 0.1) is 0 Å². The highest BCUT2D eigenvalue weighted by molar-refractivity contribution is 5.78. The van der Waals surface area contributed by atoms with E-state index in [0.717, 1.165) is 19.5 Å². The first-order valence-corrected chi connectivity index (χ1v) is 8.26. The van der Waals surface area contributed by atoms with E-state index in [2.05, 4.69) is 45.6 Å². The van der Waals surface area contributed by atoms with Crippen LogP contribution in [0.25, 0.3) is 0 Å². The van der Waals surface area contributed by atoms with Crippen LogP contribution in [0.15, 0.2) is 11.6 Å². The van der Waals surface area contributed by atoms with Gasteiger partial charge in [0.25, 0.3) is 0 Å². The lowest BCUT2D eigenvalue weighted by molar-refractivity contribution is -0.135. The van der Waals surface area contributed by atoms with Crippen LogP contribution in [0.1, 0.15) is 67.2 Å². The van der Waals surface area contributed by atoms with E-state index in [-0.39, 0.29) is 5.92 Å². The molecule has 0 aliphatic heterocycles. The Labute approximate surface area is 125 Å². The minimum absolute atomic E-state index is 0.172. The van der Waals surface area contributed by atoms with Crippen LogP contribution in [0.4, 0.5) is 0 Å². The van der Waals surface area contributed by atoms with E-state index in [1.165, 1.54) is 24.8 Å². The van der Waals surface area contributed by atoms with Crippen molar-refractivity contribution in [2.24, 2.45) is 17.3 Å². The Hall–Kier alpha value is -0.790. The summed E-state index contributed by atoms with van der Waals surface area (Å²) in [6.07, 6.45) is 7.01. The Morgan fingerprint density at radius 3 is 2.55 bits per heavy atom. The summed E-state index contributed by atoms with van der Waals surface area (Å²) in [6.45, 7) is 14.8. The fourth-order valence-electron chi connectivity index (χ4n) is 2.91. The summed E-state index contributed by atoms with van der Waals surface area (Å²) in [7, 11) is 0. The molecule has 1 amide bonds. The molecule has 2 nitrogen and oxygen atoms in total. The van der Waals surface area contributed by atoms with E-state index in [1.54, 1.807) is 0 Å². The number of rotatable bonds is 8. The van der Waals surface area contributed by atoms with Crippen molar-refractivity contribution in [1.82, 2.24) is 4.90 Å². The molecule has 0 N–H and O–H groups in total. The lowest BCUT2D eigenvalue weighted by Crippen LogP contribution is -2.37. The van der Waals surface area contributed by atoms with Crippen LogP contribution < -0.4 is 0 Å². The molecule has 0 aromatic heterocycles. The van der Waals surface area contributed by atoms with Gasteiger partial charge >= 0.3 is 0 Å². The molecule has 3 atom stereocenters. The van der Waals surface area contributed by atoms with Crippen LogP contribution >= 0.6 is 0 Å². The number of carbonyl (C=O) groups excluding carboxylic acids is 1. The summed E-state index contributed by atoms with van der Waals surface area (Å²) >= 11 is 0. The van der Waals surface area contributed by atoms with Crippen molar-refractivity contribution in [2.45, 2.75) is 67.2 Å². The predicted octanol–water partition coefficient (Wildman–Crippen LogP) is 4.65. The quantitative estimate of drug-likeness (QED) is 0.592. The molecule has 1 aliphatic rings. The summed E-state index contributed by atoms with van der Waals surface area (Å²) in [5.74, 6) is 1.22. The van der Waals surface area contributed by atoms with Gasteiger partial charge in [-0.05, 0) is 57.8 Å². The lowest BCUT2D eigenvalue weighted by Gasteiger charge is -2.25. The van der Waals surface area contributed by atoms with Crippen LogP contribution in [0.2, 0.25) is 0 Å². The standard InChI is InChI=1S/C18H33NO/c1-7-15(5)17(20)19(8-2)13-16-12-18(16,6)11-9-10-14(3)4/h10,15-16H,7-9,11-13H2,1-6H3. The van der Waals surface area contributed by atoms with E-state index in [4.69, 9.17) is 0 Å². The van der Waals surface area contributed by atoms with Crippen molar-refractivity contribution in [2.75, 3.05) is 13.1 Å². The van der Waals surface area contributed by atoms with Gasteiger partial charge < -0.3 is 4.90 Å². The molecule has 0 radical (unpaired) electrons. The van der Waals surface area contributed by atoms with Crippen LogP contribution in [0, 0.1) is 17.3 Å². The molecule has 2 heteroatoms. The first-order valence-electron chi connectivity index (χ1n) is 8.26. The van der Waals surface area contributed by atoms with E-state index in [1.807, 2.05) is 6.92 Å². The molecule has 116 valence electrons. The second-order valence-electron chi connectivity index (χ2n) is 7.06. The molecule has 20 heavy (non-hydrogen) atoms. The monoisotopic (exact) mass is 279 g/mol. The van der Waals surface area contributed by atoms with Gasteiger partial charge in [-0.3, -0.25) is 4.79 Å². The molecule has 0 bridgehead atoms. The molecule has 1 rings (SSSR count). The smallest absolute Gasteiger partial charge is 0.225 e. The number of hydrogen-bond donors (Lipinski definition) is 0. The molecular formula is C18H33NO. The number of hydrogen-bond acceptors (Lipinski definition) is 1. The average Bonchev–Trinajstić information content (AvgIpc) is 3.04. The third-order valence-corrected chi connectivity index (χ3v) is 4.97. The van der Waals surface area contributed by atoms with Gasteiger partial charge in [-0.1, -0.05) is 32.4 Å². The van der Waals surface area contributed by atoms with E-state index in [9.17, 15) is 4.79 Å². The zero-order chi connectivity index (χ0) is 15.3. The van der Waals surface area contributed by atoms with Crippen molar-refractivity contribution in [3.05, 3.63) is 11.6 Å². The Bertz CT molecular complexity index is 356. The fourth-order valence-corrected chi connectivity index (χ4v) is 2.91. The number of amides is 1. The molecule has 0 heterocycles. The van der Waals surface area contributed by atoms with Gasteiger partial charge in [0.1, 0.15) is 0 Å². The minimum atomic E-state index is 0.172. The number of allylic oxidation sites excluding steroid dienone is 2. The summed E-state index contributed by atoms with van der Waals surface area (Å²) in [5.41, 5.74) is 1.88. The maximum Gasteiger partial charge on any atom is 0.225 e. The molecule has 1 aliphatic carbocycles. The summed E-state index contributed by atoms with van der Waals surface area (Å²) in [5, 5.41) is 0. The fraction of sp³-hybridized carbons (Fsp3) is 0.833. The Kier molecular flexibility index (Phi) is 6.29. The average molecular weight is 279 g/mol. The second kappa shape index (κ2) is 7.28. The van der Waals surface area contributed by atoms with Crippen molar-refractivity contribution in [1.29, 1.82) is 0 Å². The third kappa shape index (κ3) is 4.64. The summed E-state index contributed by atoms with van der Waals surface area (Å²) in [6, 6.07) is 0. The molecule has 0 spiro atoms. The van der Waals surface area contributed by atoms with Gasteiger partial charge in [0.2, 0.25) is 5.91 Å². The van der Waals surface area contributed by atoms with Gasteiger partial charge in [-0.25, -0.2) is 0 Å². The highest BCUT2D eigenvalue weighted by atomic mass is 16.2. The van der Waals surface area contributed by atoms with Gasteiger partial charge in [0.15, 0.2) is 0 Å². The van der Waals surface area contributed by atoms with Gasteiger partial charge in [0, 0.05) is 19.0 Å².